The molecule has 0 radical (unpaired) electrons. The summed E-state index contributed by atoms with van der Waals surface area (Å²) in [7, 11) is 0. The molecular formula is C8H16N2O2. The largest absolute Gasteiger partial charge is 0.368 e. The molecule has 0 aromatic carbocycles. The third kappa shape index (κ3) is 2.46. The van der Waals surface area contributed by atoms with Crippen LogP contribution in [0.25, 0.3) is 0 Å². The summed E-state index contributed by atoms with van der Waals surface area (Å²) in [6, 6.07) is 0.0432. The van der Waals surface area contributed by atoms with Crippen LogP contribution in [-0.2, 0) is 9.53 Å². The van der Waals surface area contributed by atoms with E-state index in [1.807, 2.05) is 6.92 Å². The second kappa shape index (κ2) is 4.42. The number of nitrogens with one attached hydrogen (secondary N) is 1. The minimum Gasteiger partial charge on any atom is -0.368 e. The van der Waals surface area contributed by atoms with E-state index in [1.165, 1.54) is 0 Å². The Morgan fingerprint density at radius 3 is 3.08 bits per heavy atom. The maximum atomic E-state index is 11.3. The van der Waals surface area contributed by atoms with Gasteiger partial charge in [0.1, 0.15) is 6.10 Å². The van der Waals surface area contributed by atoms with E-state index < -0.39 is 0 Å². The van der Waals surface area contributed by atoms with E-state index in [4.69, 9.17) is 10.5 Å². The SMILES string of the molecule is CC(CN)NC(=O)[C@@H]1CCCO1. The van der Waals surface area contributed by atoms with Gasteiger partial charge >= 0.3 is 0 Å². The normalized spacial score (nSPS) is 25.3. The predicted octanol–water partition coefficient (Wildman–Crippen LogP) is -0.371. The van der Waals surface area contributed by atoms with Gasteiger partial charge in [0.25, 0.3) is 0 Å². The topological polar surface area (TPSA) is 64.3 Å². The number of rotatable bonds is 3. The Hall–Kier alpha value is -0.610. The van der Waals surface area contributed by atoms with Gasteiger partial charge in [0.2, 0.25) is 5.91 Å². The molecule has 1 fully saturated rings. The van der Waals surface area contributed by atoms with E-state index in [0.29, 0.717) is 13.2 Å². The predicted molar refractivity (Wildman–Crippen MR) is 45.6 cm³/mol. The fourth-order valence-electron chi connectivity index (χ4n) is 1.18. The van der Waals surface area contributed by atoms with E-state index in [1.54, 1.807) is 0 Å². The molecule has 1 unspecified atom stereocenters. The van der Waals surface area contributed by atoms with Crippen LogP contribution >= 0.6 is 0 Å². The van der Waals surface area contributed by atoms with Crippen molar-refractivity contribution in [3.05, 3.63) is 0 Å². The molecule has 3 N–H and O–H groups in total. The van der Waals surface area contributed by atoms with Crippen molar-refractivity contribution in [2.45, 2.75) is 31.9 Å². The van der Waals surface area contributed by atoms with Crippen LogP contribution in [-0.4, -0.2) is 31.2 Å². The second-order valence-electron chi connectivity index (χ2n) is 3.15. The van der Waals surface area contributed by atoms with Crippen LogP contribution < -0.4 is 11.1 Å². The fourth-order valence-corrected chi connectivity index (χ4v) is 1.18. The van der Waals surface area contributed by atoms with E-state index >= 15 is 0 Å². The number of carbonyl (C=O) groups excluding carboxylic acids is 1. The molecule has 2 atom stereocenters. The molecule has 0 saturated carbocycles. The highest BCUT2D eigenvalue weighted by molar-refractivity contribution is 5.81. The third-order valence-corrected chi connectivity index (χ3v) is 1.96. The molecule has 1 amide bonds. The molecule has 0 aliphatic carbocycles. The highest BCUT2D eigenvalue weighted by Crippen LogP contribution is 2.11. The molecule has 4 heteroatoms. The third-order valence-electron chi connectivity index (χ3n) is 1.96. The number of ether oxygens (including phenoxy) is 1. The first kappa shape index (κ1) is 9.48. The Balaban J connectivity index is 2.27. The number of amides is 1. The highest BCUT2D eigenvalue weighted by atomic mass is 16.5. The molecule has 12 heavy (non-hydrogen) atoms. The zero-order chi connectivity index (χ0) is 8.97. The van der Waals surface area contributed by atoms with Gasteiger partial charge in [-0.15, -0.1) is 0 Å². The van der Waals surface area contributed by atoms with Crippen LogP contribution in [0.3, 0.4) is 0 Å². The quantitative estimate of drug-likeness (QED) is 0.610. The van der Waals surface area contributed by atoms with Crippen LogP contribution in [0.2, 0.25) is 0 Å². The molecular weight excluding hydrogens is 156 g/mol. The van der Waals surface area contributed by atoms with Crippen molar-refractivity contribution >= 4 is 5.91 Å². The molecule has 70 valence electrons. The summed E-state index contributed by atoms with van der Waals surface area (Å²) in [5.41, 5.74) is 5.36. The monoisotopic (exact) mass is 172 g/mol. The average molecular weight is 172 g/mol. The highest BCUT2D eigenvalue weighted by Gasteiger charge is 2.23. The lowest BCUT2D eigenvalue weighted by atomic mass is 10.2. The van der Waals surface area contributed by atoms with Crippen molar-refractivity contribution in [2.24, 2.45) is 5.73 Å². The Morgan fingerprint density at radius 2 is 2.58 bits per heavy atom. The van der Waals surface area contributed by atoms with Gasteiger partial charge in [0.15, 0.2) is 0 Å². The van der Waals surface area contributed by atoms with Gasteiger partial charge in [0, 0.05) is 19.2 Å². The Morgan fingerprint density at radius 1 is 1.83 bits per heavy atom. The van der Waals surface area contributed by atoms with Gasteiger partial charge in [-0.1, -0.05) is 0 Å². The Bertz CT molecular complexity index is 155. The molecule has 1 saturated heterocycles. The summed E-state index contributed by atoms with van der Waals surface area (Å²) >= 11 is 0. The molecule has 1 aliphatic heterocycles. The Labute approximate surface area is 72.5 Å². The summed E-state index contributed by atoms with van der Waals surface area (Å²) in [6.45, 7) is 3.06. The van der Waals surface area contributed by atoms with Crippen LogP contribution in [0.5, 0.6) is 0 Å². The first-order chi connectivity index (χ1) is 5.74. The zero-order valence-electron chi connectivity index (χ0n) is 7.38. The maximum Gasteiger partial charge on any atom is 0.249 e. The molecule has 1 heterocycles. The van der Waals surface area contributed by atoms with Crippen LogP contribution in [0.1, 0.15) is 19.8 Å². The first-order valence-corrected chi connectivity index (χ1v) is 4.36. The summed E-state index contributed by atoms with van der Waals surface area (Å²) < 4.78 is 5.21. The number of hydrogen-bond donors (Lipinski definition) is 2. The van der Waals surface area contributed by atoms with E-state index in [2.05, 4.69) is 5.32 Å². The van der Waals surface area contributed by atoms with Crippen molar-refractivity contribution in [2.75, 3.05) is 13.2 Å². The molecule has 0 aromatic rings. The van der Waals surface area contributed by atoms with Gasteiger partial charge < -0.3 is 15.8 Å². The second-order valence-corrected chi connectivity index (χ2v) is 3.15. The summed E-state index contributed by atoms with van der Waals surface area (Å²) in [5.74, 6) is -0.0227. The standard InChI is InChI=1S/C8H16N2O2/c1-6(5-9)10-8(11)7-3-2-4-12-7/h6-7H,2-5,9H2,1H3,(H,10,11)/t6?,7-/m0/s1. The first-order valence-electron chi connectivity index (χ1n) is 4.36. The van der Waals surface area contributed by atoms with Crippen LogP contribution in [0.15, 0.2) is 0 Å². The summed E-state index contributed by atoms with van der Waals surface area (Å²) in [6.07, 6.45) is 1.58. The molecule has 0 aromatic heterocycles. The lowest BCUT2D eigenvalue weighted by Crippen LogP contribution is -2.43. The van der Waals surface area contributed by atoms with Gasteiger partial charge in [-0.3, -0.25) is 4.79 Å². The zero-order valence-corrected chi connectivity index (χ0v) is 7.38. The lowest BCUT2D eigenvalue weighted by Gasteiger charge is -2.14. The van der Waals surface area contributed by atoms with Crippen molar-refractivity contribution in [1.82, 2.24) is 5.32 Å². The van der Waals surface area contributed by atoms with Crippen molar-refractivity contribution in [1.29, 1.82) is 0 Å². The fraction of sp³-hybridized carbons (Fsp3) is 0.875. The van der Waals surface area contributed by atoms with Crippen LogP contribution in [0, 0.1) is 0 Å². The number of hydrogen-bond acceptors (Lipinski definition) is 3. The molecule has 0 spiro atoms. The van der Waals surface area contributed by atoms with E-state index in [-0.39, 0.29) is 18.1 Å². The minimum atomic E-state index is -0.237. The number of carbonyl (C=O) groups is 1. The lowest BCUT2D eigenvalue weighted by molar-refractivity contribution is -0.130. The molecule has 4 nitrogen and oxygen atoms in total. The molecule has 1 rings (SSSR count). The van der Waals surface area contributed by atoms with Crippen molar-refractivity contribution in [3.63, 3.8) is 0 Å². The van der Waals surface area contributed by atoms with Crippen molar-refractivity contribution < 1.29 is 9.53 Å². The van der Waals surface area contributed by atoms with E-state index in [0.717, 1.165) is 12.8 Å². The van der Waals surface area contributed by atoms with Crippen LogP contribution in [0.4, 0.5) is 0 Å². The minimum absolute atomic E-state index is 0.0227. The van der Waals surface area contributed by atoms with Gasteiger partial charge in [-0.25, -0.2) is 0 Å². The van der Waals surface area contributed by atoms with Gasteiger partial charge in [-0.2, -0.15) is 0 Å². The Kier molecular flexibility index (Phi) is 3.49. The van der Waals surface area contributed by atoms with Gasteiger partial charge in [-0.05, 0) is 19.8 Å². The smallest absolute Gasteiger partial charge is 0.249 e. The number of nitrogens with two attached hydrogens (primary N) is 1. The van der Waals surface area contributed by atoms with Gasteiger partial charge in [0.05, 0.1) is 0 Å². The summed E-state index contributed by atoms with van der Waals surface area (Å²) in [4.78, 5) is 11.3. The average Bonchev–Trinajstić information content (AvgIpc) is 2.56. The van der Waals surface area contributed by atoms with Crippen molar-refractivity contribution in [3.8, 4) is 0 Å². The molecule has 1 aliphatic rings. The maximum absolute atomic E-state index is 11.3. The molecule has 0 bridgehead atoms. The van der Waals surface area contributed by atoms with E-state index in [9.17, 15) is 4.79 Å². The summed E-state index contributed by atoms with van der Waals surface area (Å²) in [5, 5.41) is 2.78.